The van der Waals surface area contributed by atoms with E-state index in [4.69, 9.17) is 9.47 Å². The van der Waals surface area contributed by atoms with Crippen LogP contribution in [0.1, 0.15) is 33.6 Å². The SMILES string of the molecule is CC(C)(C)[C@H](O)CN1CCN(C[C@H](O)COC[C@@H]2CCCO2)CC1. The lowest BCUT2D eigenvalue weighted by Gasteiger charge is -2.38. The maximum Gasteiger partial charge on any atom is 0.0900 e. The molecule has 2 aliphatic heterocycles. The minimum absolute atomic E-state index is 0.0757. The van der Waals surface area contributed by atoms with Gasteiger partial charge in [0.1, 0.15) is 0 Å². The van der Waals surface area contributed by atoms with E-state index in [-0.39, 0.29) is 17.6 Å². The first kappa shape index (κ1) is 20.1. The Kier molecular flexibility index (Phi) is 7.91. The first-order chi connectivity index (χ1) is 11.3. The molecule has 0 aromatic heterocycles. The van der Waals surface area contributed by atoms with Crippen LogP contribution in [0.25, 0.3) is 0 Å². The number of piperazine rings is 1. The summed E-state index contributed by atoms with van der Waals surface area (Å²) in [5.41, 5.74) is -0.0757. The summed E-state index contributed by atoms with van der Waals surface area (Å²) in [4.78, 5) is 4.59. The molecule has 0 saturated carbocycles. The normalized spacial score (nSPS) is 26.6. The van der Waals surface area contributed by atoms with Crippen molar-refractivity contribution in [2.24, 2.45) is 5.41 Å². The molecular formula is C18H36N2O4. The maximum absolute atomic E-state index is 10.2. The number of aliphatic hydroxyl groups excluding tert-OH is 2. The zero-order valence-corrected chi connectivity index (χ0v) is 15.6. The summed E-state index contributed by atoms with van der Waals surface area (Å²) in [6.45, 7) is 13.1. The molecule has 0 spiro atoms. The van der Waals surface area contributed by atoms with Crippen molar-refractivity contribution in [1.82, 2.24) is 9.80 Å². The van der Waals surface area contributed by atoms with Crippen molar-refractivity contribution in [2.45, 2.75) is 51.9 Å². The Morgan fingerprint density at radius 3 is 2.25 bits per heavy atom. The van der Waals surface area contributed by atoms with Gasteiger partial charge in [0.2, 0.25) is 0 Å². The van der Waals surface area contributed by atoms with E-state index >= 15 is 0 Å². The van der Waals surface area contributed by atoms with E-state index in [1.54, 1.807) is 0 Å². The lowest BCUT2D eigenvalue weighted by Crippen LogP contribution is -2.51. The van der Waals surface area contributed by atoms with Crippen molar-refractivity contribution in [3.05, 3.63) is 0 Å². The molecule has 142 valence electrons. The molecule has 24 heavy (non-hydrogen) atoms. The lowest BCUT2D eigenvalue weighted by atomic mass is 9.89. The zero-order chi connectivity index (χ0) is 17.6. The fourth-order valence-electron chi connectivity index (χ4n) is 3.13. The van der Waals surface area contributed by atoms with Gasteiger partial charge >= 0.3 is 0 Å². The number of rotatable bonds is 8. The molecule has 6 nitrogen and oxygen atoms in total. The third-order valence-electron chi connectivity index (χ3n) is 5.00. The van der Waals surface area contributed by atoms with E-state index in [2.05, 4.69) is 30.6 Å². The minimum Gasteiger partial charge on any atom is -0.391 e. The predicted molar refractivity (Wildman–Crippen MR) is 94.1 cm³/mol. The van der Waals surface area contributed by atoms with Crippen molar-refractivity contribution in [2.75, 3.05) is 59.1 Å². The van der Waals surface area contributed by atoms with Crippen molar-refractivity contribution >= 4 is 0 Å². The molecule has 2 fully saturated rings. The smallest absolute Gasteiger partial charge is 0.0900 e. The molecule has 2 aliphatic rings. The summed E-state index contributed by atoms with van der Waals surface area (Å²) in [6, 6.07) is 0. The van der Waals surface area contributed by atoms with E-state index in [1.165, 1.54) is 0 Å². The van der Waals surface area contributed by atoms with Crippen LogP contribution in [0.4, 0.5) is 0 Å². The summed E-state index contributed by atoms with van der Waals surface area (Å²) in [7, 11) is 0. The fourth-order valence-corrected chi connectivity index (χ4v) is 3.13. The average molecular weight is 344 g/mol. The molecule has 0 unspecified atom stereocenters. The van der Waals surface area contributed by atoms with Gasteiger partial charge in [-0.05, 0) is 18.3 Å². The van der Waals surface area contributed by atoms with Crippen LogP contribution in [0, 0.1) is 5.41 Å². The average Bonchev–Trinajstić information content (AvgIpc) is 3.01. The van der Waals surface area contributed by atoms with Gasteiger partial charge < -0.3 is 19.7 Å². The predicted octanol–water partition coefficient (Wildman–Crippen LogP) is 0.568. The van der Waals surface area contributed by atoms with Crippen molar-refractivity contribution < 1.29 is 19.7 Å². The summed E-state index contributed by atoms with van der Waals surface area (Å²) >= 11 is 0. The van der Waals surface area contributed by atoms with E-state index in [1.807, 2.05) is 0 Å². The highest BCUT2D eigenvalue weighted by Crippen LogP contribution is 2.20. The Morgan fingerprint density at radius 1 is 1.08 bits per heavy atom. The number of hydrogen-bond donors (Lipinski definition) is 2. The number of hydrogen-bond acceptors (Lipinski definition) is 6. The third-order valence-corrected chi connectivity index (χ3v) is 5.00. The monoisotopic (exact) mass is 344 g/mol. The molecule has 2 saturated heterocycles. The van der Waals surface area contributed by atoms with Crippen LogP contribution in [0.15, 0.2) is 0 Å². The number of nitrogens with zero attached hydrogens (tertiary/aromatic N) is 2. The maximum atomic E-state index is 10.2. The molecule has 2 N–H and O–H groups in total. The van der Waals surface area contributed by atoms with Crippen molar-refractivity contribution in [3.8, 4) is 0 Å². The Hall–Kier alpha value is -0.240. The van der Waals surface area contributed by atoms with Crippen LogP contribution in [0.5, 0.6) is 0 Å². The van der Waals surface area contributed by atoms with Gasteiger partial charge in [0.25, 0.3) is 0 Å². The lowest BCUT2D eigenvalue weighted by molar-refractivity contribution is -0.0318. The molecule has 2 heterocycles. The molecule has 3 atom stereocenters. The van der Waals surface area contributed by atoms with E-state index in [0.717, 1.165) is 52.2 Å². The quantitative estimate of drug-likeness (QED) is 0.671. The second-order valence-corrected chi connectivity index (χ2v) is 8.31. The first-order valence-electron chi connectivity index (χ1n) is 9.35. The van der Waals surface area contributed by atoms with Crippen LogP contribution in [0.2, 0.25) is 0 Å². The third kappa shape index (κ3) is 6.94. The fraction of sp³-hybridized carbons (Fsp3) is 1.00. The highest BCUT2D eigenvalue weighted by atomic mass is 16.5. The van der Waals surface area contributed by atoms with Gasteiger partial charge in [0.15, 0.2) is 0 Å². The van der Waals surface area contributed by atoms with Gasteiger partial charge in [-0.2, -0.15) is 0 Å². The topological polar surface area (TPSA) is 65.4 Å². The molecule has 6 heteroatoms. The van der Waals surface area contributed by atoms with Crippen LogP contribution < -0.4 is 0 Å². The van der Waals surface area contributed by atoms with E-state index in [0.29, 0.717) is 19.8 Å². The number of aliphatic hydroxyl groups is 2. The van der Waals surface area contributed by atoms with Crippen LogP contribution in [-0.4, -0.2) is 97.4 Å². The zero-order valence-electron chi connectivity index (χ0n) is 15.6. The Morgan fingerprint density at radius 2 is 1.71 bits per heavy atom. The minimum atomic E-state index is -0.446. The van der Waals surface area contributed by atoms with Crippen molar-refractivity contribution in [3.63, 3.8) is 0 Å². The van der Waals surface area contributed by atoms with Gasteiger partial charge in [-0.1, -0.05) is 20.8 Å². The van der Waals surface area contributed by atoms with Crippen molar-refractivity contribution in [1.29, 1.82) is 0 Å². The van der Waals surface area contributed by atoms with Gasteiger partial charge in [-0.3, -0.25) is 9.80 Å². The Bertz CT molecular complexity index is 347. The van der Waals surface area contributed by atoms with E-state index < -0.39 is 6.10 Å². The summed E-state index contributed by atoms with van der Waals surface area (Å²) in [5.74, 6) is 0. The molecule has 0 aromatic rings. The molecule has 0 aliphatic carbocycles. The molecular weight excluding hydrogens is 308 g/mol. The molecule has 0 bridgehead atoms. The van der Waals surface area contributed by atoms with Crippen LogP contribution in [0.3, 0.4) is 0 Å². The van der Waals surface area contributed by atoms with Gasteiger partial charge in [0.05, 0.1) is 31.5 Å². The first-order valence-corrected chi connectivity index (χ1v) is 9.35. The number of β-amino-alcohol motifs (C(OH)–C–C–N with tert-alkyl or cyclic N) is 2. The highest BCUT2D eigenvalue weighted by molar-refractivity contribution is 4.80. The Labute approximate surface area is 146 Å². The summed E-state index contributed by atoms with van der Waals surface area (Å²) in [5, 5.41) is 20.3. The largest absolute Gasteiger partial charge is 0.391 e. The second kappa shape index (κ2) is 9.46. The van der Waals surface area contributed by atoms with Gasteiger partial charge in [-0.15, -0.1) is 0 Å². The summed E-state index contributed by atoms with van der Waals surface area (Å²) < 4.78 is 11.1. The van der Waals surface area contributed by atoms with E-state index in [9.17, 15) is 10.2 Å². The molecule has 0 radical (unpaired) electrons. The van der Waals surface area contributed by atoms with Gasteiger partial charge in [0, 0.05) is 45.9 Å². The molecule has 0 amide bonds. The molecule has 2 rings (SSSR count). The number of ether oxygens (including phenoxy) is 2. The van der Waals surface area contributed by atoms with Crippen LogP contribution in [-0.2, 0) is 9.47 Å². The van der Waals surface area contributed by atoms with Gasteiger partial charge in [-0.25, -0.2) is 0 Å². The second-order valence-electron chi connectivity index (χ2n) is 8.31. The highest BCUT2D eigenvalue weighted by Gasteiger charge is 2.27. The van der Waals surface area contributed by atoms with Crippen LogP contribution >= 0.6 is 0 Å². The Balaban J connectivity index is 1.56. The standard InChI is InChI=1S/C18H36N2O4/c1-18(2,3)17(22)12-20-8-6-19(7-9-20)11-15(21)13-23-14-16-5-4-10-24-16/h15-17,21-22H,4-14H2,1-3H3/t15-,16-,17+/m0/s1. The molecule has 0 aromatic carbocycles. The summed E-state index contributed by atoms with van der Waals surface area (Å²) in [6.07, 6.45) is 1.65.